The van der Waals surface area contributed by atoms with E-state index in [9.17, 15) is 9.59 Å². The first-order chi connectivity index (χ1) is 7.84. The molecular formula is C13H15O3. The van der Waals surface area contributed by atoms with Crippen molar-refractivity contribution in [2.45, 2.75) is 25.7 Å². The second kappa shape index (κ2) is 7.63. The highest BCUT2D eigenvalue weighted by atomic mass is 16.5. The molecule has 1 aromatic rings. The lowest BCUT2D eigenvalue weighted by Crippen LogP contribution is -1.99. The second-order valence-electron chi connectivity index (χ2n) is 3.53. The van der Waals surface area contributed by atoms with Gasteiger partial charge in [-0.15, -0.1) is 0 Å². The van der Waals surface area contributed by atoms with Gasteiger partial charge in [0.25, 0.3) is 0 Å². The van der Waals surface area contributed by atoms with Crippen molar-refractivity contribution in [2.75, 3.05) is 6.61 Å². The van der Waals surface area contributed by atoms with Crippen molar-refractivity contribution in [3.63, 3.8) is 0 Å². The Morgan fingerprint density at radius 3 is 2.56 bits per heavy atom. The fourth-order valence-electron chi connectivity index (χ4n) is 1.45. The van der Waals surface area contributed by atoms with Crippen LogP contribution in [0.2, 0.25) is 0 Å². The summed E-state index contributed by atoms with van der Waals surface area (Å²) in [5, 5.41) is 0. The van der Waals surface area contributed by atoms with E-state index < -0.39 is 0 Å². The van der Waals surface area contributed by atoms with E-state index in [0.29, 0.717) is 13.0 Å². The summed E-state index contributed by atoms with van der Waals surface area (Å²) in [4.78, 5) is 21.4. The third kappa shape index (κ3) is 4.73. The van der Waals surface area contributed by atoms with E-state index in [4.69, 9.17) is 0 Å². The molecule has 1 aromatic carbocycles. The molecule has 3 nitrogen and oxygen atoms in total. The summed E-state index contributed by atoms with van der Waals surface area (Å²) in [7, 11) is 0. The SMILES string of the molecule is O=[C]OCCCCCC(=O)c1ccccc1. The molecule has 0 atom stereocenters. The highest BCUT2D eigenvalue weighted by Gasteiger charge is 2.03. The first-order valence-corrected chi connectivity index (χ1v) is 5.42. The first kappa shape index (κ1) is 12.4. The Bertz CT molecular complexity index is 319. The van der Waals surface area contributed by atoms with Crippen molar-refractivity contribution in [1.29, 1.82) is 0 Å². The monoisotopic (exact) mass is 219 g/mol. The van der Waals surface area contributed by atoms with Gasteiger partial charge in [0.05, 0.1) is 6.61 Å². The third-order valence-corrected chi connectivity index (χ3v) is 2.30. The lowest BCUT2D eigenvalue weighted by Gasteiger charge is -2.00. The number of benzene rings is 1. The van der Waals surface area contributed by atoms with Crippen LogP contribution in [-0.4, -0.2) is 18.9 Å². The number of hydrogen-bond acceptors (Lipinski definition) is 3. The number of rotatable bonds is 8. The van der Waals surface area contributed by atoms with Crippen molar-refractivity contribution in [1.82, 2.24) is 0 Å². The molecule has 0 aliphatic heterocycles. The normalized spacial score (nSPS) is 9.75. The summed E-state index contributed by atoms with van der Waals surface area (Å²) in [5.74, 6) is 0.170. The Labute approximate surface area is 95.4 Å². The minimum Gasteiger partial charge on any atom is -0.457 e. The van der Waals surface area contributed by atoms with Crippen molar-refractivity contribution < 1.29 is 14.3 Å². The van der Waals surface area contributed by atoms with Gasteiger partial charge in [-0.1, -0.05) is 30.3 Å². The standard InChI is InChI=1S/C13H15O3/c14-11-16-10-6-2-5-9-13(15)12-7-3-1-4-8-12/h1,3-4,7-8H,2,5-6,9-10H2. The zero-order chi connectivity index (χ0) is 11.6. The molecule has 0 heterocycles. The van der Waals surface area contributed by atoms with Crippen LogP contribution in [0.4, 0.5) is 0 Å². The van der Waals surface area contributed by atoms with Crippen LogP contribution in [0.1, 0.15) is 36.0 Å². The minimum atomic E-state index is 0.170. The molecule has 85 valence electrons. The molecule has 0 aromatic heterocycles. The Hall–Kier alpha value is -1.64. The van der Waals surface area contributed by atoms with Gasteiger partial charge in [0.15, 0.2) is 5.78 Å². The van der Waals surface area contributed by atoms with Gasteiger partial charge in [-0.2, -0.15) is 0 Å². The molecule has 0 saturated carbocycles. The quantitative estimate of drug-likeness (QED) is 0.498. The molecular weight excluding hydrogens is 204 g/mol. The number of unbranched alkanes of at least 4 members (excludes halogenated alkanes) is 2. The van der Waals surface area contributed by atoms with Gasteiger partial charge in [0, 0.05) is 12.0 Å². The van der Waals surface area contributed by atoms with Crippen molar-refractivity contribution in [3.05, 3.63) is 35.9 Å². The topological polar surface area (TPSA) is 43.4 Å². The summed E-state index contributed by atoms with van der Waals surface area (Å²) < 4.78 is 4.43. The molecule has 1 rings (SSSR count). The molecule has 0 aliphatic rings. The molecule has 0 bridgehead atoms. The molecule has 0 fully saturated rings. The largest absolute Gasteiger partial charge is 0.457 e. The summed E-state index contributed by atoms with van der Waals surface area (Å²) in [6, 6.07) is 9.27. The van der Waals surface area contributed by atoms with Gasteiger partial charge < -0.3 is 4.74 Å². The average molecular weight is 219 g/mol. The molecule has 0 saturated heterocycles. The second-order valence-corrected chi connectivity index (χ2v) is 3.53. The van der Waals surface area contributed by atoms with Gasteiger partial charge in [-0.3, -0.25) is 4.79 Å². The Morgan fingerprint density at radius 2 is 1.88 bits per heavy atom. The van der Waals surface area contributed by atoms with Gasteiger partial charge in [-0.25, -0.2) is 4.79 Å². The summed E-state index contributed by atoms with van der Waals surface area (Å²) >= 11 is 0. The van der Waals surface area contributed by atoms with Crippen molar-refractivity contribution >= 4 is 12.3 Å². The average Bonchev–Trinajstić information content (AvgIpc) is 2.34. The molecule has 0 N–H and O–H groups in total. The maximum atomic E-state index is 11.6. The van der Waals surface area contributed by atoms with Crippen LogP contribution in [0, 0.1) is 0 Å². The molecule has 16 heavy (non-hydrogen) atoms. The van der Waals surface area contributed by atoms with E-state index in [1.165, 1.54) is 6.47 Å². The summed E-state index contributed by atoms with van der Waals surface area (Å²) in [6.07, 6.45) is 3.06. The minimum absolute atomic E-state index is 0.170. The number of Topliss-reactive ketones (excluding diaryl/α,β-unsaturated/α-hetero) is 1. The van der Waals surface area contributed by atoms with Crippen molar-refractivity contribution in [2.24, 2.45) is 0 Å². The predicted molar refractivity (Wildman–Crippen MR) is 60.9 cm³/mol. The zero-order valence-corrected chi connectivity index (χ0v) is 9.15. The maximum absolute atomic E-state index is 11.6. The molecule has 0 unspecified atom stereocenters. The van der Waals surface area contributed by atoms with Crippen LogP contribution in [0.3, 0.4) is 0 Å². The van der Waals surface area contributed by atoms with E-state index in [2.05, 4.69) is 4.74 Å². The van der Waals surface area contributed by atoms with Gasteiger partial charge in [-0.05, 0) is 19.3 Å². The maximum Gasteiger partial charge on any atom is 0.417 e. The van der Waals surface area contributed by atoms with E-state index >= 15 is 0 Å². The van der Waals surface area contributed by atoms with Crippen LogP contribution < -0.4 is 0 Å². The Morgan fingerprint density at radius 1 is 1.12 bits per heavy atom. The van der Waals surface area contributed by atoms with Crippen LogP contribution in [0.5, 0.6) is 0 Å². The fourth-order valence-corrected chi connectivity index (χ4v) is 1.45. The van der Waals surface area contributed by atoms with E-state index in [1.54, 1.807) is 0 Å². The number of ketones is 1. The highest BCUT2D eigenvalue weighted by Crippen LogP contribution is 2.07. The number of carbonyl (C=O) groups is 1. The van der Waals surface area contributed by atoms with Crippen LogP contribution in [-0.2, 0) is 9.53 Å². The summed E-state index contributed by atoms with van der Waals surface area (Å²) in [6.45, 7) is 1.77. The van der Waals surface area contributed by atoms with Gasteiger partial charge in [0.1, 0.15) is 0 Å². The summed E-state index contributed by atoms with van der Waals surface area (Å²) in [5.41, 5.74) is 0.764. The Balaban J connectivity index is 2.14. The van der Waals surface area contributed by atoms with Crippen LogP contribution in [0.25, 0.3) is 0 Å². The predicted octanol–water partition coefficient (Wildman–Crippen LogP) is 2.51. The number of carbonyl (C=O) groups excluding carboxylic acids is 2. The first-order valence-electron chi connectivity index (χ1n) is 5.42. The van der Waals surface area contributed by atoms with Crippen LogP contribution in [0.15, 0.2) is 30.3 Å². The molecule has 0 amide bonds. The van der Waals surface area contributed by atoms with Crippen LogP contribution >= 0.6 is 0 Å². The molecule has 1 radical (unpaired) electrons. The smallest absolute Gasteiger partial charge is 0.417 e. The zero-order valence-electron chi connectivity index (χ0n) is 9.15. The third-order valence-electron chi connectivity index (χ3n) is 2.30. The Kier molecular flexibility index (Phi) is 5.92. The number of ether oxygens (including phenoxy) is 1. The van der Waals surface area contributed by atoms with E-state index in [-0.39, 0.29) is 5.78 Å². The lowest BCUT2D eigenvalue weighted by molar-refractivity contribution is 0.0978. The van der Waals surface area contributed by atoms with E-state index in [0.717, 1.165) is 24.8 Å². The highest BCUT2D eigenvalue weighted by molar-refractivity contribution is 5.95. The van der Waals surface area contributed by atoms with Gasteiger partial charge in [0.2, 0.25) is 0 Å². The van der Waals surface area contributed by atoms with Gasteiger partial charge >= 0.3 is 6.47 Å². The van der Waals surface area contributed by atoms with E-state index in [1.807, 2.05) is 30.3 Å². The lowest BCUT2D eigenvalue weighted by atomic mass is 10.1. The molecule has 0 spiro atoms. The molecule has 0 aliphatic carbocycles. The number of hydrogen-bond donors (Lipinski definition) is 0. The van der Waals surface area contributed by atoms with Crippen molar-refractivity contribution in [3.8, 4) is 0 Å². The fraction of sp³-hybridized carbons (Fsp3) is 0.385. The molecule has 3 heteroatoms.